The highest BCUT2D eigenvalue weighted by atomic mass is 31.2. The van der Waals surface area contributed by atoms with Gasteiger partial charge in [-0.1, -0.05) is 0 Å². The summed E-state index contributed by atoms with van der Waals surface area (Å²) in [5, 5.41) is 30.1. The average molecular weight is 361 g/mol. The molecule has 24 heavy (non-hydrogen) atoms. The second-order valence-corrected chi connectivity index (χ2v) is 7.16. The van der Waals surface area contributed by atoms with E-state index in [2.05, 4.69) is 15.0 Å². The van der Waals surface area contributed by atoms with Crippen LogP contribution in [0.1, 0.15) is 6.23 Å². The summed E-state index contributed by atoms with van der Waals surface area (Å²) >= 11 is 0. The molecule has 5 atom stereocenters. The molecule has 7 N–H and O–H groups in total. The van der Waals surface area contributed by atoms with Crippen molar-refractivity contribution in [1.29, 1.82) is 0 Å². The molecule has 0 bridgehead atoms. The topological polar surface area (TPSA) is 197 Å². The Morgan fingerprint density at radius 1 is 1.29 bits per heavy atom. The highest BCUT2D eigenvalue weighted by molar-refractivity contribution is 7.51. The van der Waals surface area contributed by atoms with E-state index in [1.807, 2.05) is 0 Å². The number of nitrogen functional groups attached to an aromatic ring is 1. The smallest absolute Gasteiger partial charge is 0.328 e. The van der Waals surface area contributed by atoms with E-state index in [9.17, 15) is 19.9 Å². The van der Waals surface area contributed by atoms with Crippen molar-refractivity contribution in [3.05, 3.63) is 12.7 Å². The van der Waals surface area contributed by atoms with E-state index in [4.69, 9.17) is 20.3 Å². The van der Waals surface area contributed by atoms with E-state index in [-0.39, 0.29) is 17.0 Å². The van der Waals surface area contributed by atoms with Gasteiger partial charge in [-0.3, -0.25) is 9.13 Å². The lowest BCUT2D eigenvalue weighted by molar-refractivity contribution is -0.0776. The number of anilines is 1. The third kappa shape index (κ3) is 3.00. The monoisotopic (exact) mass is 361 g/mol. The van der Waals surface area contributed by atoms with Crippen LogP contribution in [0.4, 0.5) is 5.82 Å². The predicted molar refractivity (Wildman–Crippen MR) is 78.6 cm³/mol. The molecule has 1 unspecified atom stereocenters. The fourth-order valence-corrected chi connectivity index (χ4v) is 3.33. The van der Waals surface area contributed by atoms with Crippen molar-refractivity contribution in [2.24, 2.45) is 0 Å². The number of rotatable bonds is 4. The van der Waals surface area contributed by atoms with Gasteiger partial charge in [0.2, 0.25) is 0 Å². The molecule has 0 amide bonds. The zero-order chi connectivity index (χ0) is 17.6. The number of aromatic nitrogens is 4. The molecule has 0 saturated carbocycles. The van der Waals surface area contributed by atoms with Gasteiger partial charge in [0.25, 0.3) is 0 Å². The molecule has 0 aliphatic carbocycles. The molecule has 12 nitrogen and oxygen atoms in total. The Morgan fingerprint density at radius 2 is 2.00 bits per heavy atom. The Balaban J connectivity index is 1.89. The lowest BCUT2D eigenvalue weighted by Gasteiger charge is -2.21. The third-order valence-electron chi connectivity index (χ3n) is 3.74. The van der Waals surface area contributed by atoms with Crippen LogP contribution < -0.4 is 5.73 Å². The molecular formula is C11H16N5O7P. The standard InChI is InChI=1S/C11H16N5O7P/c12-9-5-10(14-2-13-9)16(3-15-5)11-7(19)6(18)8(23-11)4(17)1-24(20,21)22/h2-4,6-8,11,17-19H,1H2,(H2,12,13,14)(H2,20,21,22)/t4?,6-,7+,8+,11+/m0/s1. The first-order valence-electron chi connectivity index (χ1n) is 6.86. The van der Waals surface area contributed by atoms with Gasteiger partial charge in [0.15, 0.2) is 17.7 Å². The molecule has 0 radical (unpaired) electrons. The number of nitrogens with zero attached hydrogens (tertiary/aromatic N) is 4. The van der Waals surface area contributed by atoms with Crippen LogP contribution in [0.25, 0.3) is 11.2 Å². The van der Waals surface area contributed by atoms with Crippen LogP contribution in [-0.2, 0) is 9.30 Å². The Hall–Kier alpha value is -1.66. The molecule has 0 spiro atoms. The van der Waals surface area contributed by atoms with Crippen molar-refractivity contribution in [2.45, 2.75) is 30.6 Å². The summed E-state index contributed by atoms with van der Waals surface area (Å²) in [4.78, 5) is 29.6. The molecule has 0 aromatic carbocycles. The van der Waals surface area contributed by atoms with Gasteiger partial charge >= 0.3 is 7.60 Å². The molecule has 1 aliphatic heterocycles. The highest BCUT2D eigenvalue weighted by Crippen LogP contribution is 2.39. The summed E-state index contributed by atoms with van der Waals surface area (Å²) in [6.07, 6.45) is -5.72. The van der Waals surface area contributed by atoms with Crippen molar-refractivity contribution in [3.63, 3.8) is 0 Å². The Morgan fingerprint density at radius 3 is 2.67 bits per heavy atom. The fraction of sp³-hybridized carbons (Fsp3) is 0.545. The van der Waals surface area contributed by atoms with Gasteiger partial charge in [-0.05, 0) is 0 Å². The lowest BCUT2D eigenvalue weighted by Crippen LogP contribution is -2.40. The van der Waals surface area contributed by atoms with Crippen LogP contribution in [-0.4, -0.2) is 75.2 Å². The number of aliphatic hydroxyl groups is 3. The molecule has 2 aromatic rings. The van der Waals surface area contributed by atoms with Crippen LogP contribution in [0.5, 0.6) is 0 Å². The maximum atomic E-state index is 11.0. The molecule has 2 aromatic heterocycles. The van der Waals surface area contributed by atoms with Crippen LogP contribution >= 0.6 is 7.60 Å². The second kappa shape index (κ2) is 6.01. The van der Waals surface area contributed by atoms with Gasteiger partial charge < -0.3 is 35.6 Å². The van der Waals surface area contributed by atoms with Crippen LogP contribution in [0.15, 0.2) is 12.7 Å². The zero-order valence-corrected chi connectivity index (χ0v) is 13.0. The first-order valence-corrected chi connectivity index (χ1v) is 8.66. The van der Waals surface area contributed by atoms with Gasteiger partial charge in [0.1, 0.15) is 30.2 Å². The minimum Gasteiger partial charge on any atom is -0.390 e. The van der Waals surface area contributed by atoms with E-state index in [0.29, 0.717) is 0 Å². The van der Waals surface area contributed by atoms with Crippen molar-refractivity contribution in [2.75, 3.05) is 11.9 Å². The molecule has 132 valence electrons. The lowest BCUT2D eigenvalue weighted by atomic mass is 10.1. The van der Waals surface area contributed by atoms with Gasteiger partial charge in [-0.15, -0.1) is 0 Å². The maximum absolute atomic E-state index is 11.0. The number of hydrogen-bond acceptors (Lipinski definition) is 9. The van der Waals surface area contributed by atoms with Crippen molar-refractivity contribution < 1.29 is 34.4 Å². The largest absolute Gasteiger partial charge is 0.390 e. The van der Waals surface area contributed by atoms with Crippen LogP contribution in [0.3, 0.4) is 0 Å². The van der Waals surface area contributed by atoms with E-state index in [0.717, 1.165) is 0 Å². The minimum atomic E-state index is -4.53. The van der Waals surface area contributed by atoms with Crippen molar-refractivity contribution >= 4 is 24.6 Å². The number of nitrogens with two attached hydrogens (primary N) is 1. The number of ether oxygens (including phenoxy) is 1. The molecule has 1 aliphatic rings. The number of aliphatic hydroxyl groups excluding tert-OH is 3. The van der Waals surface area contributed by atoms with Crippen molar-refractivity contribution in [3.8, 4) is 0 Å². The first kappa shape index (κ1) is 17.2. The fourth-order valence-electron chi connectivity index (χ4n) is 2.64. The second-order valence-electron chi connectivity index (χ2n) is 5.47. The maximum Gasteiger partial charge on any atom is 0.328 e. The SMILES string of the molecule is Nc1ncnc2c1ncn2[C@@H]1O[C@H](C(O)CP(=O)(O)O)[C@@H](O)[C@H]1O. The van der Waals surface area contributed by atoms with E-state index < -0.39 is 44.4 Å². The van der Waals surface area contributed by atoms with Crippen LogP contribution in [0.2, 0.25) is 0 Å². The third-order valence-corrected chi connectivity index (χ3v) is 4.59. The molecule has 3 heterocycles. The predicted octanol–water partition coefficient (Wildman–Crippen LogP) is -2.43. The number of fused-ring (bicyclic) bond motifs is 1. The van der Waals surface area contributed by atoms with E-state index in [1.54, 1.807) is 0 Å². The van der Waals surface area contributed by atoms with Crippen molar-refractivity contribution in [1.82, 2.24) is 19.5 Å². The molecule has 1 saturated heterocycles. The summed E-state index contributed by atoms with van der Waals surface area (Å²) in [5.41, 5.74) is 6.17. The molecule has 1 fully saturated rings. The zero-order valence-electron chi connectivity index (χ0n) is 12.1. The van der Waals surface area contributed by atoms with Gasteiger partial charge in [0, 0.05) is 0 Å². The highest BCUT2D eigenvalue weighted by Gasteiger charge is 2.48. The number of imidazole rings is 1. The first-order chi connectivity index (χ1) is 11.2. The number of hydrogen-bond donors (Lipinski definition) is 6. The van der Waals surface area contributed by atoms with Gasteiger partial charge in [-0.25, -0.2) is 15.0 Å². The summed E-state index contributed by atoms with van der Waals surface area (Å²) in [5.74, 6) is 0.116. The summed E-state index contributed by atoms with van der Waals surface area (Å²) in [7, 11) is -4.53. The molecular weight excluding hydrogens is 345 g/mol. The normalized spacial score (nSPS) is 29.2. The average Bonchev–Trinajstić information content (AvgIpc) is 3.01. The summed E-state index contributed by atoms with van der Waals surface area (Å²) in [6.45, 7) is 0. The quantitative estimate of drug-likeness (QED) is 0.316. The molecule has 3 rings (SSSR count). The Labute approximate surface area is 134 Å². The van der Waals surface area contributed by atoms with Gasteiger partial charge in [-0.2, -0.15) is 0 Å². The Bertz CT molecular complexity index is 794. The van der Waals surface area contributed by atoms with E-state index in [1.165, 1.54) is 17.2 Å². The van der Waals surface area contributed by atoms with E-state index >= 15 is 0 Å². The summed E-state index contributed by atoms with van der Waals surface area (Å²) in [6, 6.07) is 0. The molecule has 13 heteroatoms. The van der Waals surface area contributed by atoms with Crippen LogP contribution in [0, 0.1) is 0 Å². The Kier molecular flexibility index (Phi) is 4.30. The minimum absolute atomic E-state index is 0.116. The summed E-state index contributed by atoms with van der Waals surface area (Å²) < 4.78 is 17.7. The van der Waals surface area contributed by atoms with Gasteiger partial charge in [0.05, 0.1) is 18.6 Å².